The maximum absolute atomic E-state index is 13.1. The average Bonchev–Trinajstić information content (AvgIpc) is 3.22. The highest BCUT2D eigenvalue weighted by Gasteiger charge is 2.32. The maximum Gasteiger partial charge on any atom is 0.311 e. The predicted octanol–water partition coefficient (Wildman–Crippen LogP) is 3.97. The van der Waals surface area contributed by atoms with Crippen molar-refractivity contribution in [1.82, 2.24) is 9.88 Å². The Balaban J connectivity index is 1.40. The Morgan fingerprint density at radius 1 is 1.13 bits per heavy atom. The highest BCUT2D eigenvalue weighted by atomic mass is 19.1. The fourth-order valence-electron chi connectivity index (χ4n) is 3.95. The van der Waals surface area contributed by atoms with Crippen LogP contribution >= 0.6 is 0 Å². The minimum atomic E-state index is -0.935. The highest BCUT2D eigenvalue weighted by Crippen LogP contribution is 2.23. The number of hydrogen-bond donors (Lipinski definition) is 1. The molecule has 6 nitrogen and oxygen atoms in total. The molecule has 7 heteroatoms. The number of rotatable bonds is 5. The first-order valence-electron chi connectivity index (χ1n) is 10.3. The average molecular weight is 422 g/mol. The number of ether oxygens (including phenoxy) is 1. The number of amides is 1. The van der Waals surface area contributed by atoms with Crippen LogP contribution in [0.3, 0.4) is 0 Å². The number of Topliss-reactive ketones (excluding diaryl/α,β-unsaturated/α-hetero) is 1. The lowest BCUT2D eigenvalue weighted by Gasteiger charge is -2.32. The second-order valence-corrected chi connectivity index (χ2v) is 7.79. The minimum Gasteiger partial charge on any atom is -0.454 e. The van der Waals surface area contributed by atoms with Crippen molar-refractivity contribution >= 4 is 28.6 Å². The molecule has 1 N–H and O–H groups in total. The van der Waals surface area contributed by atoms with Crippen LogP contribution in [0.25, 0.3) is 10.9 Å². The number of likely N-dealkylation sites (tertiary alicyclic amines) is 1. The standard InChI is InChI=1S/C24H23FN2O4/c1-15(22(28)20-13-26-21-7-3-2-6-19(20)21)31-24(30)17-5-4-12-27(14-17)23(29)16-8-10-18(25)11-9-16/h2-3,6-11,13,15,17,26H,4-5,12,14H2,1H3/t15-,17-/m1/s1. The van der Waals surface area contributed by atoms with Gasteiger partial charge in [-0.05, 0) is 50.1 Å². The van der Waals surface area contributed by atoms with Gasteiger partial charge in [-0.25, -0.2) is 4.39 Å². The second-order valence-electron chi connectivity index (χ2n) is 7.79. The Hall–Kier alpha value is -3.48. The molecule has 2 atom stereocenters. The summed E-state index contributed by atoms with van der Waals surface area (Å²) in [5.74, 6) is -1.93. The van der Waals surface area contributed by atoms with Crippen molar-refractivity contribution in [2.24, 2.45) is 5.92 Å². The molecule has 1 aromatic heterocycles. The molecule has 31 heavy (non-hydrogen) atoms. The van der Waals surface area contributed by atoms with Crippen LogP contribution in [0, 0.1) is 11.7 Å². The Morgan fingerprint density at radius 3 is 2.65 bits per heavy atom. The first kappa shape index (κ1) is 20.8. The number of hydrogen-bond acceptors (Lipinski definition) is 4. The monoisotopic (exact) mass is 422 g/mol. The third-order valence-electron chi connectivity index (χ3n) is 5.65. The number of nitrogens with one attached hydrogen (secondary N) is 1. The van der Waals surface area contributed by atoms with E-state index < -0.39 is 23.8 Å². The van der Waals surface area contributed by atoms with E-state index in [2.05, 4.69) is 4.98 Å². The van der Waals surface area contributed by atoms with Crippen molar-refractivity contribution < 1.29 is 23.5 Å². The van der Waals surface area contributed by atoms with Crippen molar-refractivity contribution in [2.75, 3.05) is 13.1 Å². The number of H-pyrrole nitrogens is 1. The van der Waals surface area contributed by atoms with Gasteiger partial charge >= 0.3 is 5.97 Å². The van der Waals surface area contributed by atoms with Gasteiger partial charge < -0.3 is 14.6 Å². The van der Waals surface area contributed by atoms with Gasteiger partial charge in [0.05, 0.1) is 5.92 Å². The van der Waals surface area contributed by atoms with Gasteiger partial charge in [0.15, 0.2) is 6.10 Å². The number of carbonyl (C=O) groups is 3. The number of aromatic nitrogens is 1. The van der Waals surface area contributed by atoms with Crippen LogP contribution in [0.15, 0.2) is 54.7 Å². The van der Waals surface area contributed by atoms with Crippen LogP contribution in [0.1, 0.15) is 40.5 Å². The van der Waals surface area contributed by atoms with Crippen molar-refractivity contribution in [2.45, 2.75) is 25.9 Å². The Kier molecular flexibility index (Phi) is 5.84. The normalized spacial score (nSPS) is 17.4. The molecule has 1 saturated heterocycles. The molecule has 0 unspecified atom stereocenters. The van der Waals surface area contributed by atoms with Gasteiger partial charge in [0.25, 0.3) is 5.91 Å². The summed E-state index contributed by atoms with van der Waals surface area (Å²) in [5, 5.41) is 0.782. The molecule has 1 fully saturated rings. The van der Waals surface area contributed by atoms with E-state index in [1.54, 1.807) is 18.0 Å². The van der Waals surface area contributed by atoms with E-state index in [0.717, 1.165) is 10.9 Å². The number of nitrogens with zero attached hydrogens (tertiary/aromatic N) is 1. The second kappa shape index (κ2) is 8.71. The van der Waals surface area contributed by atoms with Gasteiger partial charge in [0.2, 0.25) is 5.78 Å². The van der Waals surface area contributed by atoms with E-state index in [0.29, 0.717) is 30.5 Å². The number of esters is 1. The predicted molar refractivity (Wildman–Crippen MR) is 113 cm³/mol. The van der Waals surface area contributed by atoms with E-state index >= 15 is 0 Å². The van der Waals surface area contributed by atoms with E-state index in [1.165, 1.54) is 24.3 Å². The largest absolute Gasteiger partial charge is 0.454 e. The molecule has 2 heterocycles. The van der Waals surface area contributed by atoms with Crippen LogP contribution in [0.4, 0.5) is 4.39 Å². The molecule has 2 aromatic carbocycles. The number of para-hydroxylation sites is 1. The lowest BCUT2D eigenvalue weighted by molar-refractivity contribution is -0.152. The van der Waals surface area contributed by atoms with E-state index in [9.17, 15) is 18.8 Å². The Bertz CT molecular complexity index is 1120. The summed E-state index contributed by atoms with van der Waals surface area (Å²) in [6.07, 6.45) is 1.92. The number of aromatic amines is 1. The molecule has 1 aliphatic rings. The van der Waals surface area contributed by atoms with E-state index in [4.69, 9.17) is 4.74 Å². The smallest absolute Gasteiger partial charge is 0.311 e. The maximum atomic E-state index is 13.1. The van der Waals surface area contributed by atoms with Crippen molar-refractivity contribution in [3.8, 4) is 0 Å². The van der Waals surface area contributed by atoms with Crippen molar-refractivity contribution in [3.05, 3.63) is 71.7 Å². The molecule has 160 valence electrons. The highest BCUT2D eigenvalue weighted by molar-refractivity contribution is 6.10. The molecule has 0 saturated carbocycles. The molecule has 1 amide bonds. The summed E-state index contributed by atoms with van der Waals surface area (Å²) < 4.78 is 18.6. The van der Waals surface area contributed by atoms with Crippen LogP contribution < -0.4 is 0 Å². The molecule has 0 radical (unpaired) electrons. The topological polar surface area (TPSA) is 79.5 Å². The summed E-state index contributed by atoms with van der Waals surface area (Å²) in [4.78, 5) is 42.9. The molecule has 0 spiro atoms. The number of halogens is 1. The summed E-state index contributed by atoms with van der Waals surface area (Å²) >= 11 is 0. The van der Waals surface area contributed by atoms with E-state index in [1.807, 2.05) is 24.3 Å². The first-order valence-corrected chi connectivity index (χ1v) is 10.3. The first-order chi connectivity index (χ1) is 14.9. The number of benzene rings is 2. The van der Waals surface area contributed by atoms with Crippen LogP contribution in [0.2, 0.25) is 0 Å². The zero-order chi connectivity index (χ0) is 22.0. The fourth-order valence-corrected chi connectivity index (χ4v) is 3.95. The van der Waals surface area contributed by atoms with Gasteiger partial charge in [-0.15, -0.1) is 0 Å². The van der Waals surface area contributed by atoms with Crippen molar-refractivity contribution in [3.63, 3.8) is 0 Å². The third kappa shape index (κ3) is 4.35. The molecule has 0 bridgehead atoms. The van der Waals surface area contributed by atoms with Gasteiger partial charge in [-0.3, -0.25) is 14.4 Å². The lowest BCUT2D eigenvalue weighted by atomic mass is 9.97. The number of ketones is 1. The van der Waals surface area contributed by atoms with Crippen molar-refractivity contribution in [1.29, 1.82) is 0 Å². The summed E-state index contributed by atoms with van der Waals surface area (Å²) in [6.45, 7) is 2.29. The lowest BCUT2D eigenvalue weighted by Crippen LogP contribution is -2.43. The van der Waals surface area contributed by atoms with Gasteiger partial charge in [0, 0.05) is 41.3 Å². The zero-order valence-corrected chi connectivity index (χ0v) is 17.1. The third-order valence-corrected chi connectivity index (χ3v) is 5.65. The number of carbonyl (C=O) groups excluding carboxylic acids is 3. The SMILES string of the molecule is C[C@@H](OC(=O)[C@@H]1CCCN(C(=O)c2ccc(F)cc2)C1)C(=O)c1c[nH]c2ccccc12. The molecular weight excluding hydrogens is 399 g/mol. The zero-order valence-electron chi connectivity index (χ0n) is 17.1. The summed E-state index contributed by atoms with van der Waals surface area (Å²) in [7, 11) is 0. The number of piperidine rings is 1. The quantitative estimate of drug-likeness (QED) is 0.498. The van der Waals surface area contributed by atoms with Crippen LogP contribution in [-0.2, 0) is 9.53 Å². The molecule has 3 aromatic rings. The molecule has 4 rings (SSSR count). The molecule has 0 aliphatic carbocycles. The summed E-state index contributed by atoms with van der Waals surface area (Å²) in [5.41, 5.74) is 1.69. The fraction of sp³-hybridized carbons (Fsp3) is 0.292. The van der Waals surface area contributed by atoms with Gasteiger partial charge in [-0.1, -0.05) is 18.2 Å². The Morgan fingerprint density at radius 2 is 1.87 bits per heavy atom. The molecule has 1 aliphatic heterocycles. The van der Waals surface area contributed by atoms with E-state index in [-0.39, 0.29) is 18.2 Å². The Labute approximate surface area is 179 Å². The number of fused-ring (bicyclic) bond motifs is 1. The van der Waals surface area contributed by atoms with Crippen LogP contribution in [0.5, 0.6) is 0 Å². The van der Waals surface area contributed by atoms with Gasteiger partial charge in [-0.2, -0.15) is 0 Å². The molecular formula is C24H23FN2O4. The minimum absolute atomic E-state index is 0.211. The summed E-state index contributed by atoms with van der Waals surface area (Å²) in [6, 6.07) is 12.8. The van der Waals surface area contributed by atoms with Gasteiger partial charge in [0.1, 0.15) is 5.82 Å². The van der Waals surface area contributed by atoms with Crippen LogP contribution in [-0.4, -0.2) is 46.7 Å².